The summed E-state index contributed by atoms with van der Waals surface area (Å²) in [5.74, 6) is 1.38. The van der Waals surface area contributed by atoms with Crippen molar-refractivity contribution in [1.29, 1.82) is 0 Å². The predicted molar refractivity (Wildman–Crippen MR) is 100 cm³/mol. The van der Waals surface area contributed by atoms with Crippen molar-refractivity contribution in [2.24, 2.45) is 5.16 Å². The number of aromatic nitrogens is 1. The van der Waals surface area contributed by atoms with Crippen LogP contribution in [0.1, 0.15) is 22.3 Å². The summed E-state index contributed by atoms with van der Waals surface area (Å²) in [5, 5.41) is 13.1. The molecule has 1 aromatic heterocycles. The molecule has 5 nitrogen and oxygen atoms in total. The minimum Gasteiger partial charge on any atom is -0.493 e. The lowest BCUT2D eigenvalue weighted by atomic mass is 9.94. The van der Waals surface area contributed by atoms with Crippen molar-refractivity contribution >= 4 is 5.71 Å². The molecule has 0 bridgehead atoms. The molecule has 1 heterocycles. The fraction of sp³-hybridized carbons (Fsp3) is 0.143. The number of pyridine rings is 1. The summed E-state index contributed by atoms with van der Waals surface area (Å²) < 4.78 is 10.7. The van der Waals surface area contributed by atoms with E-state index in [0.29, 0.717) is 23.6 Å². The summed E-state index contributed by atoms with van der Waals surface area (Å²) in [6.07, 6.45) is 4.02. The zero-order valence-corrected chi connectivity index (χ0v) is 14.7. The van der Waals surface area contributed by atoms with Crippen LogP contribution in [0.3, 0.4) is 0 Å². The molecule has 1 N–H and O–H groups in total. The molecule has 0 saturated heterocycles. The van der Waals surface area contributed by atoms with E-state index in [-0.39, 0.29) is 0 Å². The molecular formula is C21H20N2O3. The van der Waals surface area contributed by atoms with Gasteiger partial charge in [-0.2, -0.15) is 0 Å². The number of hydrogen-bond donors (Lipinski definition) is 1. The summed E-state index contributed by atoms with van der Waals surface area (Å²) in [6, 6.07) is 17.4. The Hall–Kier alpha value is -3.34. The smallest absolute Gasteiger partial charge is 0.160 e. The van der Waals surface area contributed by atoms with Crippen LogP contribution in [-0.2, 0) is 6.42 Å². The maximum absolute atomic E-state index is 9.60. The van der Waals surface area contributed by atoms with Crippen molar-refractivity contribution in [2.75, 3.05) is 14.2 Å². The molecule has 0 radical (unpaired) electrons. The van der Waals surface area contributed by atoms with Gasteiger partial charge in [-0.1, -0.05) is 35.5 Å². The van der Waals surface area contributed by atoms with E-state index in [1.807, 2.05) is 54.6 Å². The third-order valence-electron chi connectivity index (χ3n) is 4.17. The molecule has 0 aliphatic heterocycles. The van der Waals surface area contributed by atoms with E-state index in [1.54, 1.807) is 26.6 Å². The molecule has 0 fully saturated rings. The number of ether oxygens (including phenoxy) is 2. The minimum atomic E-state index is 0.517. The average molecular weight is 348 g/mol. The number of benzene rings is 2. The molecule has 0 spiro atoms. The van der Waals surface area contributed by atoms with Crippen LogP contribution in [0.5, 0.6) is 11.5 Å². The SMILES string of the molecule is COc1ccc(Cc2ccccc2C(=NO)c2ccncc2)cc1OC. The first kappa shape index (κ1) is 17.5. The standard InChI is InChI=1S/C21H20N2O3/c1-25-19-8-7-15(14-20(19)26-2)13-17-5-3-4-6-18(17)21(23-24)16-9-11-22-12-10-16/h3-12,14,24H,13H2,1-2H3. The Morgan fingerprint density at radius 1 is 0.962 bits per heavy atom. The van der Waals surface area contributed by atoms with Gasteiger partial charge in [-0.3, -0.25) is 4.98 Å². The number of nitrogens with zero attached hydrogens (tertiary/aromatic N) is 2. The third kappa shape index (κ3) is 3.67. The number of rotatable bonds is 6. The zero-order valence-electron chi connectivity index (χ0n) is 14.7. The van der Waals surface area contributed by atoms with Crippen LogP contribution in [-0.4, -0.2) is 30.1 Å². The van der Waals surface area contributed by atoms with Gasteiger partial charge in [0.15, 0.2) is 11.5 Å². The Kier molecular flexibility index (Phi) is 5.49. The molecule has 0 atom stereocenters. The molecule has 132 valence electrons. The van der Waals surface area contributed by atoms with Gasteiger partial charge in [-0.25, -0.2) is 0 Å². The quantitative estimate of drug-likeness (QED) is 0.417. The molecule has 5 heteroatoms. The molecule has 0 saturated carbocycles. The fourth-order valence-corrected chi connectivity index (χ4v) is 2.89. The van der Waals surface area contributed by atoms with Crippen molar-refractivity contribution in [3.63, 3.8) is 0 Å². The van der Waals surface area contributed by atoms with Gasteiger partial charge in [0.2, 0.25) is 0 Å². The first-order valence-corrected chi connectivity index (χ1v) is 8.18. The second-order valence-corrected chi connectivity index (χ2v) is 5.71. The van der Waals surface area contributed by atoms with Gasteiger partial charge in [-0.05, 0) is 41.8 Å². The lowest BCUT2D eigenvalue weighted by Gasteiger charge is -2.13. The number of hydrogen-bond acceptors (Lipinski definition) is 5. The summed E-state index contributed by atoms with van der Waals surface area (Å²) >= 11 is 0. The van der Waals surface area contributed by atoms with Gasteiger partial charge in [0.05, 0.1) is 14.2 Å². The Bertz CT molecular complexity index is 908. The van der Waals surface area contributed by atoms with Crippen molar-refractivity contribution in [3.05, 3.63) is 89.2 Å². The van der Waals surface area contributed by atoms with Crippen LogP contribution in [0.2, 0.25) is 0 Å². The van der Waals surface area contributed by atoms with Gasteiger partial charge in [0.1, 0.15) is 5.71 Å². The van der Waals surface area contributed by atoms with Gasteiger partial charge in [0, 0.05) is 23.5 Å². The van der Waals surface area contributed by atoms with E-state index < -0.39 is 0 Å². The first-order chi connectivity index (χ1) is 12.8. The zero-order chi connectivity index (χ0) is 18.4. The van der Waals surface area contributed by atoms with Crippen LogP contribution >= 0.6 is 0 Å². The maximum Gasteiger partial charge on any atom is 0.160 e. The van der Waals surface area contributed by atoms with Gasteiger partial charge < -0.3 is 14.7 Å². The van der Waals surface area contributed by atoms with E-state index in [0.717, 1.165) is 22.3 Å². The van der Waals surface area contributed by atoms with E-state index in [9.17, 15) is 5.21 Å². The number of methoxy groups -OCH3 is 2. The minimum absolute atomic E-state index is 0.517. The molecule has 0 aliphatic carbocycles. The van der Waals surface area contributed by atoms with Crippen LogP contribution in [0, 0.1) is 0 Å². The van der Waals surface area contributed by atoms with Crippen molar-refractivity contribution in [2.45, 2.75) is 6.42 Å². The van der Waals surface area contributed by atoms with E-state index >= 15 is 0 Å². The Balaban J connectivity index is 1.98. The highest BCUT2D eigenvalue weighted by Crippen LogP contribution is 2.29. The lowest BCUT2D eigenvalue weighted by molar-refractivity contribution is 0.319. The maximum atomic E-state index is 9.60. The Labute approximate surface area is 152 Å². The second-order valence-electron chi connectivity index (χ2n) is 5.71. The van der Waals surface area contributed by atoms with Crippen molar-refractivity contribution in [3.8, 4) is 11.5 Å². The van der Waals surface area contributed by atoms with Crippen LogP contribution in [0.4, 0.5) is 0 Å². The predicted octanol–water partition coefficient (Wildman–Crippen LogP) is 3.92. The fourth-order valence-electron chi connectivity index (χ4n) is 2.89. The topological polar surface area (TPSA) is 63.9 Å². The Morgan fingerprint density at radius 2 is 1.69 bits per heavy atom. The molecular weight excluding hydrogens is 328 g/mol. The monoisotopic (exact) mass is 348 g/mol. The van der Waals surface area contributed by atoms with Crippen LogP contribution in [0.25, 0.3) is 0 Å². The molecule has 0 aliphatic rings. The van der Waals surface area contributed by atoms with E-state index in [1.165, 1.54) is 0 Å². The molecule has 3 aromatic rings. The van der Waals surface area contributed by atoms with Crippen LogP contribution in [0.15, 0.2) is 72.1 Å². The highest BCUT2D eigenvalue weighted by molar-refractivity contribution is 6.13. The molecule has 26 heavy (non-hydrogen) atoms. The molecule has 2 aromatic carbocycles. The average Bonchev–Trinajstić information content (AvgIpc) is 2.70. The number of oxime groups is 1. The van der Waals surface area contributed by atoms with Crippen LogP contribution < -0.4 is 9.47 Å². The van der Waals surface area contributed by atoms with Gasteiger partial charge >= 0.3 is 0 Å². The van der Waals surface area contributed by atoms with E-state index in [4.69, 9.17) is 9.47 Å². The summed E-state index contributed by atoms with van der Waals surface area (Å²) in [4.78, 5) is 4.02. The first-order valence-electron chi connectivity index (χ1n) is 8.18. The second kappa shape index (κ2) is 8.16. The Morgan fingerprint density at radius 3 is 2.38 bits per heavy atom. The molecule has 0 unspecified atom stereocenters. The summed E-state index contributed by atoms with van der Waals surface area (Å²) in [7, 11) is 3.24. The van der Waals surface area contributed by atoms with Gasteiger partial charge in [-0.15, -0.1) is 0 Å². The highest BCUT2D eigenvalue weighted by atomic mass is 16.5. The van der Waals surface area contributed by atoms with E-state index in [2.05, 4.69) is 10.1 Å². The third-order valence-corrected chi connectivity index (χ3v) is 4.17. The van der Waals surface area contributed by atoms with Crippen molar-refractivity contribution < 1.29 is 14.7 Å². The normalized spacial score (nSPS) is 11.2. The lowest BCUT2D eigenvalue weighted by Crippen LogP contribution is -2.08. The summed E-state index contributed by atoms with van der Waals surface area (Å²) in [6.45, 7) is 0. The summed E-state index contributed by atoms with van der Waals surface area (Å²) in [5.41, 5.74) is 4.31. The van der Waals surface area contributed by atoms with Gasteiger partial charge in [0.25, 0.3) is 0 Å². The largest absolute Gasteiger partial charge is 0.493 e. The highest BCUT2D eigenvalue weighted by Gasteiger charge is 2.13. The van der Waals surface area contributed by atoms with Crippen molar-refractivity contribution in [1.82, 2.24) is 4.98 Å². The molecule has 3 rings (SSSR count). The molecule has 0 amide bonds.